The lowest BCUT2D eigenvalue weighted by molar-refractivity contribution is -0.150. The Morgan fingerprint density at radius 3 is 2.57 bits per heavy atom. The van der Waals surface area contributed by atoms with Gasteiger partial charge in [-0.3, -0.25) is 13.8 Å². The maximum Gasteiger partial charge on any atom is 0.332 e. The smallest absolute Gasteiger partial charge is 0.332 e. The minimum absolute atomic E-state index is 0.00383. The van der Waals surface area contributed by atoms with E-state index in [0.29, 0.717) is 13.0 Å². The van der Waals surface area contributed by atoms with Gasteiger partial charge in [-0.1, -0.05) is 28.1 Å². The lowest BCUT2D eigenvalue weighted by Gasteiger charge is -2.26. The van der Waals surface area contributed by atoms with E-state index in [9.17, 15) is 22.8 Å². The SMILES string of the molecule is CCOC(=O)C12CC1C=CCCCCN(C)C(=O)C1CC(OS(=O)(=O)c3ccc(Br)cc3)CC1C(=O)N2. The number of fused-ring (bicyclic) bond motifs is 2. The van der Waals surface area contributed by atoms with Crippen LogP contribution in [0, 0.1) is 17.8 Å². The van der Waals surface area contributed by atoms with E-state index in [1.807, 2.05) is 12.2 Å². The van der Waals surface area contributed by atoms with Gasteiger partial charge in [0.2, 0.25) is 11.8 Å². The first-order valence-corrected chi connectivity index (χ1v) is 14.9. The van der Waals surface area contributed by atoms with Crippen molar-refractivity contribution in [3.63, 3.8) is 0 Å². The Kier molecular flexibility index (Phi) is 8.45. The second-order valence-electron chi connectivity index (χ2n) is 9.99. The number of nitrogens with one attached hydrogen (secondary N) is 1. The average molecular weight is 598 g/mol. The number of rotatable bonds is 5. The van der Waals surface area contributed by atoms with Crippen LogP contribution in [0.25, 0.3) is 0 Å². The van der Waals surface area contributed by atoms with Gasteiger partial charge in [0.15, 0.2) is 0 Å². The predicted octanol–water partition coefficient (Wildman–Crippen LogP) is 3.19. The first-order valence-electron chi connectivity index (χ1n) is 12.7. The molecule has 1 N–H and O–H groups in total. The summed E-state index contributed by atoms with van der Waals surface area (Å²) in [7, 11) is -2.40. The normalized spacial score (nSPS) is 30.6. The molecule has 37 heavy (non-hydrogen) atoms. The van der Waals surface area contributed by atoms with Crippen molar-refractivity contribution >= 4 is 43.8 Å². The zero-order valence-corrected chi connectivity index (χ0v) is 23.4. The van der Waals surface area contributed by atoms with Crippen molar-refractivity contribution in [3.05, 3.63) is 40.9 Å². The second kappa shape index (κ2) is 11.2. The molecule has 1 heterocycles. The Balaban J connectivity index is 1.59. The topological polar surface area (TPSA) is 119 Å². The number of nitrogens with zero attached hydrogens (tertiary/aromatic N) is 1. The summed E-state index contributed by atoms with van der Waals surface area (Å²) in [5, 5.41) is 2.89. The minimum atomic E-state index is -4.10. The van der Waals surface area contributed by atoms with Crippen LogP contribution in [0.15, 0.2) is 45.8 Å². The highest BCUT2D eigenvalue weighted by Crippen LogP contribution is 2.47. The molecule has 2 fully saturated rings. The van der Waals surface area contributed by atoms with E-state index < -0.39 is 45.5 Å². The fourth-order valence-corrected chi connectivity index (χ4v) is 6.62. The summed E-state index contributed by atoms with van der Waals surface area (Å²) in [5.74, 6) is -2.95. The van der Waals surface area contributed by atoms with Crippen LogP contribution in [-0.2, 0) is 33.4 Å². The Hall–Kier alpha value is -2.24. The number of benzene rings is 1. The molecule has 0 radical (unpaired) electrons. The summed E-state index contributed by atoms with van der Waals surface area (Å²) in [4.78, 5) is 41.4. The predicted molar refractivity (Wildman–Crippen MR) is 139 cm³/mol. The molecule has 1 aromatic rings. The number of hydrogen-bond acceptors (Lipinski definition) is 7. The number of carbonyl (C=O) groups excluding carboxylic acids is 3. The molecule has 0 spiro atoms. The molecule has 4 rings (SSSR count). The third-order valence-corrected chi connectivity index (χ3v) is 9.30. The Labute approximate surface area is 226 Å². The summed E-state index contributed by atoms with van der Waals surface area (Å²) >= 11 is 3.28. The summed E-state index contributed by atoms with van der Waals surface area (Å²) in [5.41, 5.74) is -1.16. The van der Waals surface area contributed by atoms with Crippen LogP contribution >= 0.6 is 15.9 Å². The highest BCUT2D eigenvalue weighted by Gasteiger charge is 2.62. The molecule has 2 saturated carbocycles. The lowest BCUT2D eigenvalue weighted by Crippen LogP contribution is -2.50. The van der Waals surface area contributed by atoms with Gasteiger partial charge in [0.1, 0.15) is 5.54 Å². The zero-order valence-electron chi connectivity index (χ0n) is 21.0. The standard InChI is InChI=1S/C26H33BrN2O7S/c1-3-35-25(32)26-16-17(26)8-6-4-5-7-13-29(2)24(31)22-15-19(14-21(22)23(30)28-26)36-37(33,34)20-11-9-18(27)10-12-20/h6,8-12,17,19,21-22H,3-5,7,13-16H2,1-2H3,(H,28,30). The lowest BCUT2D eigenvalue weighted by atomic mass is 9.93. The van der Waals surface area contributed by atoms with E-state index in [-0.39, 0.29) is 36.2 Å². The Bertz CT molecular complexity index is 1170. The molecule has 1 aliphatic heterocycles. The van der Waals surface area contributed by atoms with E-state index in [4.69, 9.17) is 8.92 Å². The van der Waals surface area contributed by atoms with E-state index in [1.54, 1.807) is 31.0 Å². The van der Waals surface area contributed by atoms with Crippen LogP contribution in [0.5, 0.6) is 0 Å². The third kappa shape index (κ3) is 6.09. The number of halogens is 1. The van der Waals surface area contributed by atoms with Crippen LogP contribution in [0.3, 0.4) is 0 Å². The monoisotopic (exact) mass is 596 g/mol. The van der Waals surface area contributed by atoms with Crippen molar-refractivity contribution in [1.82, 2.24) is 10.2 Å². The Morgan fingerprint density at radius 1 is 1.16 bits per heavy atom. The quantitative estimate of drug-likeness (QED) is 0.315. The third-order valence-electron chi connectivity index (χ3n) is 7.40. The number of amides is 2. The molecule has 5 unspecified atom stereocenters. The van der Waals surface area contributed by atoms with Crippen LogP contribution in [0.1, 0.15) is 45.4 Å². The molecule has 9 nitrogen and oxygen atoms in total. The van der Waals surface area contributed by atoms with Crippen LogP contribution in [0.2, 0.25) is 0 Å². The fourth-order valence-electron chi connectivity index (χ4n) is 5.26. The Morgan fingerprint density at radius 2 is 1.86 bits per heavy atom. The van der Waals surface area contributed by atoms with Crippen molar-refractivity contribution in [2.24, 2.45) is 17.8 Å². The van der Waals surface area contributed by atoms with Gasteiger partial charge >= 0.3 is 5.97 Å². The van der Waals surface area contributed by atoms with Crippen molar-refractivity contribution < 1.29 is 31.7 Å². The second-order valence-corrected chi connectivity index (χ2v) is 12.5. The van der Waals surface area contributed by atoms with Crippen molar-refractivity contribution in [1.29, 1.82) is 0 Å². The van der Waals surface area contributed by atoms with E-state index in [0.717, 1.165) is 23.7 Å². The molecular weight excluding hydrogens is 564 g/mol. The summed E-state index contributed by atoms with van der Waals surface area (Å²) in [6, 6.07) is 6.06. The molecule has 2 amide bonds. The van der Waals surface area contributed by atoms with Crippen LogP contribution in [-0.4, -0.2) is 62.9 Å². The number of allylic oxidation sites excluding steroid dienone is 1. The van der Waals surface area contributed by atoms with E-state index in [2.05, 4.69) is 21.2 Å². The number of carbonyl (C=O) groups is 3. The maximum absolute atomic E-state index is 13.6. The highest BCUT2D eigenvalue weighted by molar-refractivity contribution is 9.10. The van der Waals surface area contributed by atoms with E-state index in [1.165, 1.54) is 12.1 Å². The summed E-state index contributed by atoms with van der Waals surface area (Å²) < 4.78 is 37.4. The number of hydrogen-bond donors (Lipinski definition) is 1. The zero-order chi connectivity index (χ0) is 26.8. The molecule has 2 aliphatic carbocycles. The minimum Gasteiger partial charge on any atom is -0.464 e. The molecule has 5 atom stereocenters. The summed E-state index contributed by atoms with van der Waals surface area (Å²) in [6.45, 7) is 2.43. The van der Waals surface area contributed by atoms with Gasteiger partial charge in [-0.25, -0.2) is 4.79 Å². The highest BCUT2D eigenvalue weighted by atomic mass is 79.9. The van der Waals surface area contributed by atoms with Gasteiger partial charge in [0.05, 0.1) is 29.4 Å². The first-order chi connectivity index (χ1) is 17.6. The molecule has 202 valence electrons. The van der Waals surface area contributed by atoms with Crippen molar-refractivity contribution in [2.75, 3.05) is 20.2 Å². The van der Waals surface area contributed by atoms with Crippen LogP contribution < -0.4 is 5.32 Å². The average Bonchev–Trinajstić information content (AvgIpc) is 3.39. The number of esters is 1. The van der Waals surface area contributed by atoms with Gasteiger partial charge in [-0.05, 0) is 69.7 Å². The molecular formula is C26H33BrN2O7S. The van der Waals surface area contributed by atoms with Gasteiger partial charge in [-0.2, -0.15) is 8.42 Å². The van der Waals surface area contributed by atoms with Gasteiger partial charge in [0, 0.05) is 24.0 Å². The molecule has 0 bridgehead atoms. The molecule has 0 saturated heterocycles. The van der Waals surface area contributed by atoms with Crippen molar-refractivity contribution in [2.45, 2.75) is 62.0 Å². The van der Waals surface area contributed by atoms with Gasteiger partial charge in [-0.15, -0.1) is 0 Å². The number of ether oxygens (including phenoxy) is 1. The largest absolute Gasteiger partial charge is 0.464 e. The first kappa shape index (κ1) is 27.8. The van der Waals surface area contributed by atoms with Gasteiger partial charge in [0.25, 0.3) is 10.1 Å². The van der Waals surface area contributed by atoms with E-state index >= 15 is 0 Å². The molecule has 1 aromatic carbocycles. The van der Waals surface area contributed by atoms with Crippen molar-refractivity contribution in [3.8, 4) is 0 Å². The molecule has 3 aliphatic rings. The maximum atomic E-state index is 13.6. The fraction of sp³-hybridized carbons (Fsp3) is 0.577. The van der Waals surface area contributed by atoms with Crippen LogP contribution in [0.4, 0.5) is 0 Å². The molecule has 0 aromatic heterocycles. The van der Waals surface area contributed by atoms with Gasteiger partial charge < -0.3 is 15.0 Å². The molecule has 11 heteroatoms. The summed E-state index contributed by atoms with van der Waals surface area (Å²) in [6.07, 6.45) is 6.17.